The van der Waals surface area contributed by atoms with E-state index in [2.05, 4.69) is 27.8 Å². The van der Waals surface area contributed by atoms with Crippen molar-refractivity contribution in [3.8, 4) is 5.75 Å². The number of halogens is 2. The topological polar surface area (TPSA) is 48.1 Å². The Balaban J connectivity index is 2.23. The minimum Gasteiger partial charge on any atom is -0.492 e. The van der Waals surface area contributed by atoms with Crippen LogP contribution >= 0.6 is 27.5 Å². The van der Waals surface area contributed by atoms with Gasteiger partial charge in [0, 0.05) is 10.7 Å². The quantitative estimate of drug-likeness (QED) is 0.868. The zero-order chi connectivity index (χ0) is 14.5. The van der Waals surface area contributed by atoms with Crippen LogP contribution in [0.4, 0.5) is 0 Å². The van der Waals surface area contributed by atoms with E-state index in [1.807, 2.05) is 24.3 Å². The van der Waals surface area contributed by atoms with Crippen LogP contribution in [-0.4, -0.2) is 11.6 Å². The molecule has 0 fully saturated rings. The molecule has 106 valence electrons. The third kappa shape index (κ3) is 3.72. The highest BCUT2D eigenvalue weighted by molar-refractivity contribution is 9.10. The summed E-state index contributed by atoms with van der Waals surface area (Å²) in [7, 11) is 0. The number of benzene rings is 1. The van der Waals surface area contributed by atoms with Crippen LogP contribution in [0.3, 0.4) is 0 Å². The Morgan fingerprint density at radius 1 is 1.30 bits per heavy atom. The first-order valence-corrected chi connectivity index (χ1v) is 7.57. The van der Waals surface area contributed by atoms with Gasteiger partial charge in [-0.3, -0.25) is 4.98 Å². The predicted molar refractivity (Wildman–Crippen MR) is 85.2 cm³/mol. The van der Waals surface area contributed by atoms with Crippen LogP contribution in [0.1, 0.15) is 30.5 Å². The van der Waals surface area contributed by atoms with Gasteiger partial charge in [-0.1, -0.05) is 24.6 Å². The molecule has 0 aliphatic rings. The zero-order valence-corrected chi connectivity index (χ0v) is 13.5. The van der Waals surface area contributed by atoms with E-state index in [0.29, 0.717) is 11.6 Å². The molecule has 1 aromatic carbocycles. The van der Waals surface area contributed by atoms with Crippen molar-refractivity contribution < 1.29 is 4.74 Å². The molecule has 2 rings (SSSR count). The van der Waals surface area contributed by atoms with Crippen molar-refractivity contribution in [1.82, 2.24) is 4.98 Å². The molecule has 1 heterocycles. The standard InChI is InChI=1S/C15H16BrClN2O/c1-2-5-20-12-6-11(8-19-9-12)15(18)10-3-4-13(16)14(17)7-10/h3-4,6-9,15H,2,5,18H2,1H3. The fourth-order valence-electron chi connectivity index (χ4n) is 1.80. The van der Waals surface area contributed by atoms with E-state index in [4.69, 9.17) is 22.1 Å². The van der Waals surface area contributed by atoms with E-state index in [0.717, 1.165) is 27.8 Å². The maximum atomic E-state index is 6.26. The van der Waals surface area contributed by atoms with E-state index in [-0.39, 0.29) is 6.04 Å². The Morgan fingerprint density at radius 2 is 2.10 bits per heavy atom. The van der Waals surface area contributed by atoms with Crippen molar-refractivity contribution in [1.29, 1.82) is 0 Å². The van der Waals surface area contributed by atoms with E-state index in [9.17, 15) is 0 Å². The normalized spacial score (nSPS) is 12.2. The Bertz CT molecular complexity index is 592. The summed E-state index contributed by atoms with van der Waals surface area (Å²) in [6.07, 6.45) is 4.40. The highest BCUT2D eigenvalue weighted by atomic mass is 79.9. The van der Waals surface area contributed by atoms with Gasteiger partial charge in [0.1, 0.15) is 5.75 Å². The zero-order valence-electron chi connectivity index (χ0n) is 11.1. The van der Waals surface area contributed by atoms with Crippen LogP contribution < -0.4 is 10.5 Å². The predicted octanol–water partition coefficient (Wildman–Crippen LogP) is 4.33. The third-order valence-corrected chi connectivity index (χ3v) is 4.10. The number of pyridine rings is 1. The largest absolute Gasteiger partial charge is 0.492 e. The molecule has 0 bridgehead atoms. The van der Waals surface area contributed by atoms with Crippen LogP contribution in [-0.2, 0) is 0 Å². The molecule has 2 N–H and O–H groups in total. The SMILES string of the molecule is CCCOc1cncc(C(N)c2ccc(Br)c(Cl)c2)c1. The minimum atomic E-state index is -0.279. The van der Waals surface area contributed by atoms with E-state index < -0.39 is 0 Å². The van der Waals surface area contributed by atoms with Gasteiger partial charge in [-0.05, 0) is 51.7 Å². The molecule has 1 aromatic heterocycles. The fraction of sp³-hybridized carbons (Fsp3) is 0.267. The molecule has 0 amide bonds. The first-order valence-electron chi connectivity index (χ1n) is 6.40. The molecule has 2 aromatic rings. The molecule has 3 nitrogen and oxygen atoms in total. The molecular formula is C15H16BrClN2O. The highest BCUT2D eigenvalue weighted by Crippen LogP contribution is 2.28. The second kappa shape index (κ2) is 7.07. The summed E-state index contributed by atoms with van der Waals surface area (Å²) in [5.74, 6) is 0.739. The van der Waals surface area contributed by atoms with Gasteiger partial charge < -0.3 is 10.5 Å². The van der Waals surface area contributed by atoms with Crippen LogP contribution in [0.5, 0.6) is 5.75 Å². The molecule has 0 saturated heterocycles. The fourth-order valence-corrected chi connectivity index (χ4v) is 2.24. The van der Waals surface area contributed by atoms with Crippen molar-refractivity contribution in [2.75, 3.05) is 6.61 Å². The van der Waals surface area contributed by atoms with Crippen molar-refractivity contribution in [2.45, 2.75) is 19.4 Å². The number of hydrogen-bond donors (Lipinski definition) is 1. The summed E-state index contributed by atoms with van der Waals surface area (Å²) >= 11 is 9.47. The van der Waals surface area contributed by atoms with Gasteiger partial charge in [-0.2, -0.15) is 0 Å². The molecule has 0 radical (unpaired) electrons. The lowest BCUT2D eigenvalue weighted by Crippen LogP contribution is -2.12. The first kappa shape index (κ1) is 15.3. The number of aromatic nitrogens is 1. The summed E-state index contributed by atoms with van der Waals surface area (Å²) in [6.45, 7) is 2.73. The summed E-state index contributed by atoms with van der Waals surface area (Å²) in [5, 5.41) is 0.643. The lowest BCUT2D eigenvalue weighted by atomic mass is 10.0. The molecule has 0 aliphatic carbocycles. The van der Waals surface area contributed by atoms with Gasteiger partial charge in [0.15, 0.2) is 0 Å². The molecular weight excluding hydrogens is 340 g/mol. The van der Waals surface area contributed by atoms with Crippen molar-refractivity contribution in [2.24, 2.45) is 5.73 Å². The van der Waals surface area contributed by atoms with E-state index in [1.54, 1.807) is 12.4 Å². The molecule has 0 saturated carbocycles. The van der Waals surface area contributed by atoms with Crippen LogP contribution in [0.15, 0.2) is 41.1 Å². The first-order chi connectivity index (χ1) is 9.61. The lowest BCUT2D eigenvalue weighted by Gasteiger charge is -2.14. The molecule has 1 unspecified atom stereocenters. The average Bonchev–Trinajstić information content (AvgIpc) is 2.47. The average molecular weight is 356 g/mol. The molecule has 0 spiro atoms. The minimum absolute atomic E-state index is 0.279. The second-order valence-corrected chi connectivity index (χ2v) is 5.72. The number of ether oxygens (including phenoxy) is 1. The van der Waals surface area contributed by atoms with Crippen molar-refractivity contribution in [3.63, 3.8) is 0 Å². The monoisotopic (exact) mass is 354 g/mol. The third-order valence-electron chi connectivity index (χ3n) is 2.87. The Morgan fingerprint density at radius 3 is 2.80 bits per heavy atom. The number of hydrogen-bond acceptors (Lipinski definition) is 3. The smallest absolute Gasteiger partial charge is 0.137 e. The second-order valence-electron chi connectivity index (χ2n) is 4.45. The Hall–Kier alpha value is -1.10. The number of nitrogens with zero attached hydrogens (tertiary/aromatic N) is 1. The maximum Gasteiger partial charge on any atom is 0.137 e. The van der Waals surface area contributed by atoms with Gasteiger partial charge in [0.2, 0.25) is 0 Å². The highest BCUT2D eigenvalue weighted by Gasteiger charge is 2.12. The molecule has 5 heteroatoms. The molecule has 0 aliphatic heterocycles. The number of nitrogens with two attached hydrogens (primary N) is 1. The van der Waals surface area contributed by atoms with Crippen molar-refractivity contribution >= 4 is 27.5 Å². The van der Waals surface area contributed by atoms with Crippen LogP contribution in [0.2, 0.25) is 5.02 Å². The van der Waals surface area contributed by atoms with E-state index >= 15 is 0 Å². The van der Waals surface area contributed by atoms with Gasteiger partial charge >= 0.3 is 0 Å². The van der Waals surface area contributed by atoms with Crippen LogP contribution in [0.25, 0.3) is 0 Å². The van der Waals surface area contributed by atoms with E-state index in [1.165, 1.54) is 0 Å². The van der Waals surface area contributed by atoms with Gasteiger partial charge in [0.25, 0.3) is 0 Å². The summed E-state index contributed by atoms with van der Waals surface area (Å²) in [6, 6.07) is 7.33. The summed E-state index contributed by atoms with van der Waals surface area (Å²) < 4.78 is 6.43. The van der Waals surface area contributed by atoms with Gasteiger partial charge in [-0.25, -0.2) is 0 Å². The molecule has 1 atom stereocenters. The Kier molecular flexibility index (Phi) is 5.40. The van der Waals surface area contributed by atoms with Gasteiger partial charge in [-0.15, -0.1) is 0 Å². The number of rotatable bonds is 5. The maximum absolute atomic E-state index is 6.26. The molecule has 20 heavy (non-hydrogen) atoms. The Labute approximate surface area is 132 Å². The summed E-state index contributed by atoms with van der Waals surface area (Å²) in [5.41, 5.74) is 8.10. The lowest BCUT2D eigenvalue weighted by molar-refractivity contribution is 0.315. The van der Waals surface area contributed by atoms with Crippen LogP contribution in [0, 0.1) is 0 Å². The summed E-state index contributed by atoms with van der Waals surface area (Å²) in [4.78, 5) is 4.18. The van der Waals surface area contributed by atoms with Gasteiger partial charge in [0.05, 0.1) is 23.9 Å². The van der Waals surface area contributed by atoms with Crippen molar-refractivity contribution in [3.05, 3.63) is 57.3 Å².